The lowest BCUT2D eigenvalue weighted by Crippen LogP contribution is -2.07. The standard InChI is InChI=1S/C19H16ClN5/c1-13-11-23-25-18(22-12-14-6-8-21-9-7-14)10-17(24-19(13)25)15-4-2-3-5-16(15)20/h2-11,22H,12H2,1H3. The molecule has 0 unspecified atom stereocenters. The number of aryl methyl sites for hydroxylation is 1. The third-order valence-electron chi connectivity index (χ3n) is 4.02. The van der Waals surface area contributed by atoms with Crippen molar-refractivity contribution in [1.29, 1.82) is 0 Å². The number of hydrogen-bond acceptors (Lipinski definition) is 4. The first-order chi connectivity index (χ1) is 12.2. The predicted molar refractivity (Wildman–Crippen MR) is 99.7 cm³/mol. The molecule has 3 heterocycles. The summed E-state index contributed by atoms with van der Waals surface area (Å²) in [5, 5.41) is 8.55. The van der Waals surface area contributed by atoms with Gasteiger partial charge in [-0.25, -0.2) is 4.98 Å². The van der Waals surface area contributed by atoms with Gasteiger partial charge in [0, 0.05) is 41.2 Å². The van der Waals surface area contributed by atoms with Crippen LogP contribution in [0.2, 0.25) is 5.02 Å². The van der Waals surface area contributed by atoms with E-state index in [-0.39, 0.29) is 0 Å². The maximum Gasteiger partial charge on any atom is 0.160 e. The van der Waals surface area contributed by atoms with E-state index in [0.717, 1.165) is 33.8 Å². The van der Waals surface area contributed by atoms with Gasteiger partial charge in [0.2, 0.25) is 0 Å². The molecule has 0 fully saturated rings. The van der Waals surface area contributed by atoms with Crippen LogP contribution < -0.4 is 5.32 Å². The molecule has 3 aromatic heterocycles. The van der Waals surface area contributed by atoms with Gasteiger partial charge in [-0.3, -0.25) is 4.98 Å². The Bertz CT molecular complexity index is 1030. The van der Waals surface area contributed by atoms with E-state index in [9.17, 15) is 0 Å². The van der Waals surface area contributed by atoms with Crippen molar-refractivity contribution in [3.63, 3.8) is 0 Å². The first-order valence-corrected chi connectivity index (χ1v) is 8.33. The van der Waals surface area contributed by atoms with E-state index in [2.05, 4.69) is 15.4 Å². The molecule has 0 aliphatic rings. The van der Waals surface area contributed by atoms with E-state index in [4.69, 9.17) is 16.6 Å². The van der Waals surface area contributed by atoms with Gasteiger partial charge < -0.3 is 5.32 Å². The molecule has 0 atom stereocenters. The Labute approximate surface area is 150 Å². The molecule has 0 aliphatic heterocycles. The summed E-state index contributed by atoms with van der Waals surface area (Å²) in [6, 6.07) is 13.7. The summed E-state index contributed by atoms with van der Waals surface area (Å²) >= 11 is 6.36. The second-order valence-corrected chi connectivity index (χ2v) is 6.19. The van der Waals surface area contributed by atoms with Crippen molar-refractivity contribution in [3.05, 3.63) is 77.2 Å². The summed E-state index contributed by atoms with van der Waals surface area (Å²) in [6.07, 6.45) is 5.38. The third kappa shape index (κ3) is 3.06. The van der Waals surface area contributed by atoms with Gasteiger partial charge in [0.25, 0.3) is 0 Å². The van der Waals surface area contributed by atoms with Crippen LogP contribution in [-0.4, -0.2) is 19.6 Å². The topological polar surface area (TPSA) is 55.1 Å². The molecule has 1 N–H and O–H groups in total. The molecule has 0 spiro atoms. The molecule has 4 rings (SSSR count). The van der Waals surface area contributed by atoms with E-state index in [0.29, 0.717) is 11.6 Å². The monoisotopic (exact) mass is 349 g/mol. The van der Waals surface area contributed by atoms with E-state index < -0.39 is 0 Å². The van der Waals surface area contributed by atoms with Crippen LogP contribution in [0.5, 0.6) is 0 Å². The maximum atomic E-state index is 6.36. The van der Waals surface area contributed by atoms with Crippen LogP contribution in [0.3, 0.4) is 0 Å². The molecule has 6 heteroatoms. The number of nitrogens with one attached hydrogen (secondary N) is 1. The molecule has 0 amide bonds. The van der Waals surface area contributed by atoms with Crippen LogP contribution in [0.25, 0.3) is 16.9 Å². The second kappa shape index (κ2) is 6.53. The SMILES string of the molecule is Cc1cnn2c(NCc3ccncc3)cc(-c3ccccc3Cl)nc12. The molecule has 0 radical (unpaired) electrons. The van der Waals surface area contributed by atoms with Gasteiger partial charge in [-0.2, -0.15) is 9.61 Å². The molecular formula is C19H16ClN5. The lowest BCUT2D eigenvalue weighted by molar-refractivity contribution is 0.926. The average molecular weight is 350 g/mol. The van der Waals surface area contributed by atoms with Crippen LogP contribution in [-0.2, 0) is 6.54 Å². The number of nitrogens with zero attached hydrogens (tertiary/aromatic N) is 4. The van der Waals surface area contributed by atoms with Gasteiger partial charge >= 0.3 is 0 Å². The Kier molecular flexibility index (Phi) is 4.07. The van der Waals surface area contributed by atoms with Crippen molar-refractivity contribution in [1.82, 2.24) is 19.6 Å². The minimum Gasteiger partial charge on any atom is -0.366 e. The summed E-state index contributed by atoms with van der Waals surface area (Å²) in [4.78, 5) is 8.79. The summed E-state index contributed by atoms with van der Waals surface area (Å²) in [5.41, 5.74) is 4.69. The molecule has 0 saturated heterocycles. The Morgan fingerprint density at radius 1 is 1.12 bits per heavy atom. The van der Waals surface area contributed by atoms with Gasteiger partial charge in [-0.05, 0) is 30.7 Å². The van der Waals surface area contributed by atoms with Crippen molar-refractivity contribution < 1.29 is 0 Å². The van der Waals surface area contributed by atoms with E-state index in [1.807, 2.05) is 60.1 Å². The zero-order chi connectivity index (χ0) is 17.2. The van der Waals surface area contributed by atoms with Crippen LogP contribution in [0.1, 0.15) is 11.1 Å². The Morgan fingerprint density at radius 3 is 2.72 bits per heavy atom. The van der Waals surface area contributed by atoms with Crippen LogP contribution in [0.4, 0.5) is 5.82 Å². The van der Waals surface area contributed by atoms with E-state index in [1.165, 1.54) is 0 Å². The van der Waals surface area contributed by atoms with Crippen molar-refractivity contribution in [2.75, 3.05) is 5.32 Å². The zero-order valence-corrected chi connectivity index (χ0v) is 14.4. The highest BCUT2D eigenvalue weighted by Crippen LogP contribution is 2.29. The molecule has 1 aromatic carbocycles. The molecule has 0 saturated carbocycles. The number of fused-ring (bicyclic) bond motifs is 1. The lowest BCUT2D eigenvalue weighted by Gasteiger charge is -2.12. The highest BCUT2D eigenvalue weighted by Gasteiger charge is 2.12. The van der Waals surface area contributed by atoms with Gasteiger partial charge in [0.05, 0.1) is 11.9 Å². The maximum absolute atomic E-state index is 6.36. The number of halogens is 1. The largest absolute Gasteiger partial charge is 0.366 e. The van der Waals surface area contributed by atoms with Gasteiger partial charge in [-0.15, -0.1) is 0 Å². The van der Waals surface area contributed by atoms with Crippen molar-refractivity contribution in [3.8, 4) is 11.3 Å². The predicted octanol–water partition coefficient (Wildman–Crippen LogP) is 4.37. The van der Waals surface area contributed by atoms with Crippen LogP contribution in [0, 0.1) is 6.92 Å². The fraction of sp³-hybridized carbons (Fsp3) is 0.105. The van der Waals surface area contributed by atoms with Crippen molar-refractivity contribution >= 4 is 23.1 Å². The fourth-order valence-corrected chi connectivity index (χ4v) is 2.93. The van der Waals surface area contributed by atoms with Gasteiger partial charge in [0.15, 0.2) is 5.65 Å². The van der Waals surface area contributed by atoms with E-state index in [1.54, 1.807) is 12.4 Å². The number of aromatic nitrogens is 4. The molecule has 124 valence electrons. The molecule has 4 aromatic rings. The summed E-state index contributed by atoms with van der Waals surface area (Å²) in [6.45, 7) is 2.67. The molecule has 25 heavy (non-hydrogen) atoms. The number of hydrogen-bond donors (Lipinski definition) is 1. The van der Waals surface area contributed by atoms with Crippen LogP contribution in [0.15, 0.2) is 61.1 Å². The van der Waals surface area contributed by atoms with Crippen molar-refractivity contribution in [2.24, 2.45) is 0 Å². The lowest BCUT2D eigenvalue weighted by atomic mass is 10.1. The Morgan fingerprint density at radius 2 is 1.92 bits per heavy atom. The highest BCUT2D eigenvalue weighted by atomic mass is 35.5. The highest BCUT2D eigenvalue weighted by molar-refractivity contribution is 6.33. The fourth-order valence-electron chi connectivity index (χ4n) is 2.70. The number of anilines is 1. The average Bonchev–Trinajstić information content (AvgIpc) is 3.02. The number of pyridine rings is 1. The van der Waals surface area contributed by atoms with Gasteiger partial charge in [0.1, 0.15) is 5.82 Å². The van der Waals surface area contributed by atoms with Crippen LogP contribution >= 0.6 is 11.6 Å². The summed E-state index contributed by atoms with van der Waals surface area (Å²) in [5.74, 6) is 0.866. The quantitative estimate of drug-likeness (QED) is 0.594. The minimum atomic E-state index is 0.669. The third-order valence-corrected chi connectivity index (χ3v) is 4.35. The first-order valence-electron chi connectivity index (χ1n) is 7.95. The second-order valence-electron chi connectivity index (χ2n) is 5.78. The van der Waals surface area contributed by atoms with E-state index >= 15 is 0 Å². The normalized spacial score (nSPS) is 11.0. The molecule has 0 bridgehead atoms. The first kappa shape index (κ1) is 15.6. The number of rotatable bonds is 4. The van der Waals surface area contributed by atoms with Crippen molar-refractivity contribution in [2.45, 2.75) is 13.5 Å². The Balaban J connectivity index is 1.78. The molecule has 5 nitrogen and oxygen atoms in total. The summed E-state index contributed by atoms with van der Waals surface area (Å²) < 4.78 is 1.82. The summed E-state index contributed by atoms with van der Waals surface area (Å²) in [7, 11) is 0. The zero-order valence-electron chi connectivity index (χ0n) is 13.6. The number of benzene rings is 1. The molecular weight excluding hydrogens is 334 g/mol. The smallest absolute Gasteiger partial charge is 0.160 e. The Hall–Kier alpha value is -2.92. The van der Waals surface area contributed by atoms with Gasteiger partial charge in [-0.1, -0.05) is 29.8 Å². The molecule has 0 aliphatic carbocycles. The minimum absolute atomic E-state index is 0.669.